The van der Waals surface area contributed by atoms with E-state index in [0.29, 0.717) is 6.42 Å². The zero-order valence-corrected chi connectivity index (χ0v) is 11.1. The molecule has 0 saturated heterocycles. The molecule has 0 amide bonds. The van der Waals surface area contributed by atoms with Crippen LogP contribution in [0.2, 0.25) is 0 Å². The van der Waals surface area contributed by atoms with Crippen LogP contribution in [0.25, 0.3) is 0 Å². The number of hydrogen-bond donors (Lipinski definition) is 0. The van der Waals surface area contributed by atoms with Gasteiger partial charge in [-0.1, -0.05) is 42.5 Å². The molecule has 1 heterocycles. The lowest BCUT2D eigenvalue weighted by Crippen LogP contribution is -2.22. The number of benzene rings is 2. The maximum Gasteiger partial charge on any atom is 0.170 e. The van der Waals surface area contributed by atoms with Gasteiger partial charge in [0.2, 0.25) is 0 Å². The first-order valence-corrected chi connectivity index (χ1v) is 6.52. The first-order chi connectivity index (χ1) is 9.16. The Morgan fingerprint density at radius 3 is 2.42 bits per heavy atom. The van der Waals surface area contributed by atoms with Crippen LogP contribution in [-0.4, -0.2) is 5.78 Å². The molecule has 0 spiro atoms. The van der Waals surface area contributed by atoms with Crippen LogP contribution in [-0.2, 0) is 0 Å². The normalized spacial score (nSPS) is 17.8. The summed E-state index contributed by atoms with van der Waals surface area (Å²) >= 11 is 0. The first kappa shape index (κ1) is 12.0. The molecule has 0 radical (unpaired) electrons. The fourth-order valence-corrected chi connectivity index (χ4v) is 2.59. The van der Waals surface area contributed by atoms with Crippen molar-refractivity contribution in [2.75, 3.05) is 0 Å². The Bertz CT molecular complexity index is 629. The minimum absolute atomic E-state index is 0.165. The lowest BCUT2D eigenvalue weighted by atomic mass is 9.92. The lowest BCUT2D eigenvalue weighted by molar-refractivity contribution is 0.0847. The van der Waals surface area contributed by atoms with Crippen molar-refractivity contribution in [1.82, 2.24) is 0 Å². The summed E-state index contributed by atoms with van der Waals surface area (Å²) in [7, 11) is 0. The van der Waals surface area contributed by atoms with Gasteiger partial charge in [-0.3, -0.25) is 4.79 Å². The van der Waals surface area contributed by atoms with Crippen molar-refractivity contribution in [3.8, 4) is 5.75 Å². The number of aryl methyl sites for hydroxylation is 2. The number of carbonyl (C=O) groups excluding carboxylic acids is 1. The zero-order valence-electron chi connectivity index (χ0n) is 11.1. The van der Waals surface area contributed by atoms with Gasteiger partial charge in [-0.05, 0) is 30.5 Å². The summed E-state index contributed by atoms with van der Waals surface area (Å²) in [6, 6.07) is 13.9. The van der Waals surface area contributed by atoms with Crippen molar-refractivity contribution in [3.05, 3.63) is 64.7 Å². The topological polar surface area (TPSA) is 26.3 Å². The van der Waals surface area contributed by atoms with Gasteiger partial charge in [-0.15, -0.1) is 0 Å². The molecule has 0 bridgehead atoms. The van der Waals surface area contributed by atoms with E-state index < -0.39 is 0 Å². The van der Waals surface area contributed by atoms with Gasteiger partial charge in [0.25, 0.3) is 0 Å². The van der Waals surface area contributed by atoms with Gasteiger partial charge in [0, 0.05) is 0 Å². The fourth-order valence-electron chi connectivity index (χ4n) is 2.59. The quantitative estimate of drug-likeness (QED) is 0.766. The molecule has 0 saturated carbocycles. The van der Waals surface area contributed by atoms with Crippen molar-refractivity contribution in [1.29, 1.82) is 0 Å². The molecule has 1 aliphatic rings. The second-order valence-corrected chi connectivity index (χ2v) is 5.05. The van der Waals surface area contributed by atoms with Crippen molar-refractivity contribution < 1.29 is 9.53 Å². The van der Waals surface area contributed by atoms with E-state index >= 15 is 0 Å². The highest BCUT2D eigenvalue weighted by Crippen LogP contribution is 2.38. The van der Waals surface area contributed by atoms with E-state index in [1.54, 1.807) is 0 Å². The molecular formula is C17H16O2. The number of ether oxygens (including phenoxy) is 1. The van der Waals surface area contributed by atoms with Crippen molar-refractivity contribution in [3.63, 3.8) is 0 Å². The molecule has 2 nitrogen and oxygen atoms in total. The van der Waals surface area contributed by atoms with Gasteiger partial charge in [-0.2, -0.15) is 0 Å². The molecule has 3 rings (SSSR count). The number of hydrogen-bond acceptors (Lipinski definition) is 2. The SMILES string of the molecule is Cc1ccc(C)c2c1OC(c1ccccc1)CC2=O. The monoisotopic (exact) mass is 252 g/mol. The van der Waals surface area contributed by atoms with Gasteiger partial charge >= 0.3 is 0 Å². The summed E-state index contributed by atoms with van der Waals surface area (Å²) in [5.41, 5.74) is 3.83. The molecule has 1 aliphatic heterocycles. The second kappa shape index (κ2) is 4.54. The molecule has 0 fully saturated rings. The van der Waals surface area contributed by atoms with Gasteiger partial charge < -0.3 is 4.74 Å². The Morgan fingerprint density at radius 1 is 1.00 bits per heavy atom. The van der Waals surface area contributed by atoms with Crippen LogP contribution in [0.1, 0.15) is 39.6 Å². The van der Waals surface area contributed by atoms with Gasteiger partial charge in [0.15, 0.2) is 5.78 Å². The van der Waals surface area contributed by atoms with Crippen LogP contribution in [0.5, 0.6) is 5.75 Å². The van der Waals surface area contributed by atoms with Crippen LogP contribution in [0, 0.1) is 13.8 Å². The van der Waals surface area contributed by atoms with E-state index in [1.807, 2.05) is 56.3 Å². The molecular weight excluding hydrogens is 236 g/mol. The average Bonchev–Trinajstić information content (AvgIpc) is 2.43. The Kier molecular flexibility index (Phi) is 2.86. The third-order valence-corrected chi connectivity index (χ3v) is 3.64. The Hall–Kier alpha value is -2.09. The molecule has 0 N–H and O–H groups in total. The van der Waals surface area contributed by atoms with Gasteiger partial charge in [0.05, 0.1) is 12.0 Å². The summed E-state index contributed by atoms with van der Waals surface area (Å²) < 4.78 is 6.08. The van der Waals surface area contributed by atoms with E-state index in [0.717, 1.165) is 28.0 Å². The number of rotatable bonds is 1. The van der Waals surface area contributed by atoms with Crippen LogP contribution < -0.4 is 4.74 Å². The Labute approximate surface area is 113 Å². The molecule has 0 aliphatic carbocycles. The Balaban J connectivity index is 2.05. The van der Waals surface area contributed by atoms with E-state index in [2.05, 4.69) is 0 Å². The maximum atomic E-state index is 12.4. The molecule has 2 heteroatoms. The van der Waals surface area contributed by atoms with Crippen molar-refractivity contribution in [2.45, 2.75) is 26.4 Å². The Morgan fingerprint density at radius 2 is 1.68 bits per heavy atom. The lowest BCUT2D eigenvalue weighted by Gasteiger charge is -2.27. The standard InChI is InChI=1S/C17H16O2/c1-11-8-9-12(2)17-16(11)14(18)10-15(19-17)13-6-4-3-5-7-13/h3-9,15H,10H2,1-2H3. The van der Waals surface area contributed by atoms with E-state index in [1.165, 1.54) is 0 Å². The predicted molar refractivity (Wildman–Crippen MR) is 74.7 cm³/mol. The minimum Gasteiger partial charge on any atom is -0.484 e. The molecule has 1 atom stereocenters. The van der Waals surface area contributed by atoms with Crippen LogP contribution in [0.15, 0.2) is 42.5 Å². The summed E-state index contributed by atoms with van der Waals surface area (Å²) in [6.07, 6.45) is 0.253. The summed E-state index contributed by atoms with van der Waals surface area (Å²) in [4.78, 5) is 12.4. The summed E-state index contributed by atoms with van der Waals surface area (Å²) in [5, 5.41) is 0. The van der Waals surface area contributed by atoms with Gasteiger partial charge in [-0.25, -0.2) is 0 Å². The van der Waals surface area contributed by atoms with E-state index in [4.69, 9.17) is 4.74 Å². The molecule has 2 aromatic rings. The third kappa shape index (κ3) is 2.03. The molecule has 19 heavy (non-hydrogen) atoms. The van der Waals surface area contributed by atoms with Crippen LogP contribution in [0.4, 0.5) is 0 Å². The molecule has 0 aromatic heterocycles. The predicted octanol–water partition coefficient (Wildman–Crippen LogP) is 4.01. The third-order valence-electron chi connectivity index (χ3n) is 3.64. The second-order valence-electron chi connectivity index (χ2n) is 5.05. The zero-order chi connectivity index (χ0) is 13.4. The van der Waals surface area contributed by atoms with Crippen LogP contribution >= 0.6 is 0 Å². The highest BCUT2D eigenvalue weighted by Gasteiger charge is 2.29. The number of fused-ring (bicyclic) bond motifs is 1. The molecule has 1 unspecified atom stereocenters. The van der Waals surface area contributed by atoms with Gasteiger partial charge in [0.1, 0.15) is 11.9 Å². The highest BCUT2D eigenvalue weighted by atomic mass is 16.5. The number of Topliss-reactive ketones (excluding diaryl/α,β-unsaturated/α-hetero) is 1. The largest absolute Gasteiger partial charge is 0.484 e. The first-order valence-electron chi connectivity index (χ1n) is 6.52. The minimum atomic E-state index is -0.165. The highest BCUT2D eigenvalue weighted by molar-refractivity contribution is 6.01. The van der Waals surface area contributed by atoms with E-state index in [9.17, 15) is 4.79 Å². The summed E-state index contributed by atoms with van der Waals surface area (Å²) in [5.74, 6) is 0.932. The summed E-state index contributed by atoms with van der Waals surface area (Å²) in [6.45, 7) is 3.95. The maximum absolute atomic E-state index is 12.4. The fraction of sp³-hybridized carbons (Fsp3) is 0.235. The van der Waals surface area contributed by atoms with Crippen molar-refractivity contribution in [2.24, 2.45) is 0 Å². The van der Waals surface area contributed by atoms with Crippen LogP contribution in [0.3, 0.4) is 0 Å². The van der Waals surface area contributed by atoms with Crippen molar-refractivity contribution >= 4 is 5.78 Å². The number of carbonyl (C=O) groups is 1. The molecule has 96 valence electrons. The molecule has 2 aromatic carbocycles. The van der Waals surface area contributed by atoms with E-state index in [-0.39, 0.29) is 11.9 Å². The average molecular weight is 252 g/mol. The number of ketones is 1. The smallest absolute Gasteiger partial charge is 0.170 e.